The first-order valence-electron chi connectivity index (χ1n) is 8.64. The number of benzene rings is 2. The second kappa shape index (κ2) is 8.40. The number of carbonyl (C=O) groups excluding carboxylic acids is 1. The fourth-order valence-corrected chi connectivity index (χ4v) is 3.01. The van der Waals surface area contributed by atoms with Crippen molar-refractivity contribution in [3.8, 4) is 11.5 Å². The van der Waals surface area contributed by atoms with Gasteiger partial charge in [0.1, 0.15) is 23.4 Å². The van der Waals surface area contributed by atoms with Gasteiger partial charge in [0.2, 0.25) is 5.91 Å². The number of imidazole rings is 1. The molecule has 0 bridgehead atoms. The number of carbonyl (C=O) groups is 1. The van der Waals surface area contributed by atoms with E-state index in [2.05, 4.69) is 10.3 Å². The molecule has 0 saturated heterocycles. The van der Waals surface area contributed by atoms with Gasteiger partial charge < -0.3 is 19.4 Å². The highest BCUT2D eigenvalue weighted by molar-refractivity contribution is 5.80. The van der Waals surface area contributed by atoms with Crippen molar-refractivity contribution in [2.45, 2.75) is 12.5 Å². The van der Waals surface area contributed by atoms with Crippen molar-refractivity contribution >= 4 is 5.91 Å². The Bertz CT molecular complexity index is 920. The summed E-state index contributed by atoms with van der Waals surface area (Å²) in [6.07, 6.45) is 3.79. The first kappa shape index (κ1) is 18.5. The molecule has 0 aliphatic heterocycles. The van der Waals surface area contributed by atoms with E-state index in [1.165, 1.54) is 0 Å². The Morgan fingerprint density at radius 2 is 1.96 bits per heavy atom. The van der Waals surface area contributed by atoms with Gasteiger partial charge in [0, 0.05) is 25.0 Å². The summed E-state index contributed by atoms with van der Waals surface area (Å²) < 4.78 is 12.6. The third kappa shape index (κ3) is 4.28. The molecule has 0 spiro atoms. The van der Waals surface area contributed by atoms with Gasteiger partial charge in [0.25, 0.3) is 0 Å². The molecule has 6 heteroatoms. The minimum Gasteiger partial charge on any atom is -0.497 e. The average Bonchev–Trinajstić information content (AvgIpc) is 3.12. The molecule has 1 heterocycles. The summed E-state index contributed by atoms with van der Waals surface area (Å²) in [4.78, 5) is 17.2. The van der Waals surface area contributed by atoms with Gasteiger partial charge >= 0.3 is 0 Å². The standard InChI is InChI=1S/C21H23N3O3/c1-24-12-11-22-21(24)20(16-8-6-9-17(13-16)26-2)23-19(25)14-15-7-4-5-10-18(15)27-3/h4-13,20H,14H2,1-3H3,(H,23,25)/t20-/m0/s1. The number of hydrogen-bond donors (Lipinski definition) is 1. The molecule has 0 aliphatic carbocycles. The van der Waals surface area contributed by atoms with Crippen LogP contribution in [0.4, 0.5) is 0 Å². The quantitative estimate of drug-likeness (QED) is 0.699. The number of aromatic nitrogens is 2. The summed E-state index contributed by atoms with van der Waals surface area (Å²) in [7, 11) is 5.13. The molecule has 3 aromatic rings. The molecule has 1 aromatic heterocycles. The fourth-order valence-electron chi connectivity index (χ4n) is 3.01. The minimum absolute atomic E-state index is 0.115. The summed E-state index contributed by atoms with van der Waals surface area (Å²) in [5.74, 6) is 2.06. The Kier molecular flexibility index (Phi) is 5.76. The number of nitrogens with one attached hydrogen (secondary N) is 1. The van der Waals surface area contributed by atoms with Crippen LogP contribution in [-0.4, -0.2) is 29.7 Å². The van der Waals surface area contributed by atoms with E-state index in [1.807, 2.05) is 66.3 Å². The number of aryl methyl sites for hydroxylation is 1. The van der Waals surface area contributed by atoms with Gasteiger partial charge in [0.15, 0.2) is 0 Å². The van der Waals surface area contributed by atoms with Crippen molar-refractivity contribution < 1.29 is 14.3 Å². The summed E-state index contributed by atoms with van der Waals surface area (Å²) in [5.41, 5.74) is 1.73. The van der Waals surface area contributed by atoms with E-state index in [9.17, 15) is 4.79 Å². The van der Waals surface area contributed by atoms with Crippen LogP contribution in [0, 0.1) is 0 Å². The zero-order valence-electron chi connectivity index (χ0n) is 15.7. The van der Waals surface area contributed by atoms with Crippen LogP contribution in [0.25, 0.3) is 0 Å². The highest BCUT2D eigenvalue weighted by Crippen LogP contribution is 2.25. The number of ether oxygens (including phenoxy) is 2. The predicted octanol–water partition coefficient (Wildman–Crippen LogP) is 2.89. The highest BCUT2D eigenvalue weighted by atomic mass is 16.5. The summed E-state index contributed by atoms with van der Waals surface area (Å²) >= 11 is 0. The zero-order valence-corrected chi connectivity index (χ0v) is 15.7. The van der Waals surface area contributed by atoms with Crippen LogP contribution >= 0.6 is 0 Å². The van der Waals surface area contributed by atoms with E-state index in [0.29, 0.717) is 5.75 Å². The zero-order chi connectivity index (χ0) is 19.2. The van der Waals surface area contributed by atoms with E-state index >= 15 is 0 Å². The second-order valence-corrected chi connectivity index (χ2v) is 6.16. The van der Waals surface area contributed by atoms with Gasteiger partial charge in [-0.2, -0.15) is 0 Å². The third-order valence-electron chi connectivity index (χ3n) is 4.39. The molecule has 6 nitrogen and oxygen atoms in total. The van der Waals surface area contributed by atoms with Gasteiger partial charge in [-0.25, -0.2) is 4.98 Å². The Morgan fingerprint density at radius 1 is 1.15 bits per heavy atom. The van der Waals surface area contributed by atoms with Crippen LogP contribution in [0.1, 0.15) is 23.0 Å². The highest BCUT2D eigenvalue weighted by Gasteiger charge is 2.22. The number of para-hydroxylation sites is 1. The third-order valence-corrected chi connectivity index (χ3v) is 4.39. The smallest absolute Gasteiger partial charge is 0.225 e. The Balaban J connectivity index is 1.87. The maximum absolute atomic E-state index is 12.8. The van der Waals surface area contributed by atoms with E-state index in [-0.39, 0.29) is 18.4 Å². The number of hydrogen-bond acceptors (Lipinski definition) is 4. The van der Waals surface area contributed by atoms with Crippen LogP contribution in [-0.2, 0) is 18.3 Å². The van der Waals surface area contributed by atoms with Crippen molar-refractivity contribution in [2.75, 3.05) is 14.2 Å². The maximum Gasteiger partial charge on any atom is 0.225 e. The van der Waals surface area contributed by atoms with Gasteiger partial charge in [-0.15, -0.1) is 0 Å². The normalized spacial score (nSPS) is 11.7. The van der Waals surface area contributed by atoms with Crippen LogP contribution in [0.15, 0.2) is 60.9 Å². The first-order chi connectivity index (χ1) is 13.1. The van der Waals surface area contributed by atoms with E-state index in [1.54, 1.807) is 20.4 Å². The average molecular weight is 365 g/mol. The number of amides is 1. The molecular formula is C21H23N3O3. The second-order valence-electron chi connectivity index (χ2n) is 6.16. The first-order valence-corrected chi connectivity index (χ1v) is 8.64. The van der Waals surface area contributed by atoms with E-state index < -0.39 is 0 Å². The van der Waals surface area contributed by atoms with Crippen molar-refractivity contribution in [2.24, 2.45) is 7.05 Å². The summed E-state index contributed by atoms with van der Waals surface area (Å²) in [6.45, 7) is 0. The van der Waals surface area contributed by atoms with Crippen molar-refractivity contribution in [1.82, 2.24) is 14.9 Å². The fraction of sp³-hybridized carbons (Fsp3) is 0.238. The van der Waals surface area contributed by atoms with E-state index in [0.717, 1.165) is 22.7 Å². The lowest BCUT2D eigenvalue weighted by Crippen LogP contribution is -2.32. The molecule has 0 fully saturated rings. The van der Waals surface area contributed by atoms with Crippen LogP contribution in [0.5, 0.6) is 11.5 Å². The number of nitrogens with zero attached hydrogens (tertiary/aromatic N) is 2. The summed E-state index contributed by atoms with van der Waals surface area (Å²) in [5, 5.41) is 3.09. The lowest BCUT2D eigenvalue weighted by Gasteiger charge is -2.20. The van der Waals surface area contributed by atoms with Crippen LogP contribution in [0.3, 0.4) is 0 Å². The molecule has 140 valence electrons. The van der Waals surface area contributed by atoms with Gasteiger partial charge in [0.05, 0.1) is 20.6 Å². The minimum atomic E-state index is -0.387. The number of rotatable bonds is 7. The van der Waals surface area contributed by atoms with Gasteiger partial charge in [-0.3, -0.25) is 4.79 Å². The van der Waals surface area contributed by atoms with E-state index in [4.69, 9.17) is 9.47 Å². The maximum atomic E-state index is 12.8. The molecule has 0 saturated carbocycles. The predicted molar refractivity (Wildman–Crippen MR) is 103 cm³/mol. The Labute approximate surface area is 158 Å². The lowest BCUT2D eigenvalue weighted by molar-refractivity contribution is -0.121. The van der Waals surface area contributed by atoms with Crippen LogP contribution < -0.4 is 14.8 Å². The van der Waals surface area contributed by atoms with Gasteiger partial charge in [-0.05, 0) is 23.8 Å². The van der Waals surface area contributed by atoms with Crippen molar-refractivity contribution in [3.05, 3.63) is 77.9 Å². The molecule has 1 amide bonds. The molecule has 3 rings (SSSR count). The topological polar surface area (TPSA) is 65.4 Å². The molecule has 0 unspecified atom stereocenters. The molecule has 2 aromatic carbocycles. The Morgan fingerprint density at radius 3 is 2.67 bits per heavy atom. The number of methoxy groups -OCH3 is 2. The van der Waals surface area contributed by atoms with Crippen molar-refractivity contribution in [3.63, 3.8) is 0 Å². The molecule has 0 radical (unpaired) electrons. The Hall–Kier alpha value is -3.28. The largest absolute Gasteiger partial charge is 0.497 e. The molecule has 1 atom stereocenters. The lowest BCUT2D eigenvalue weighted by atomic mass is 10.0. The SMILES string of the molecule is COc1cccc([C@H](NC(=O)Cc2ccccc2OC)c2nccn2C)c1. The van der Waals surface area contributed by atoms with Crippen LogP contribution in [0.2, 0.25) is 0 Å². The molecule has 0 aliphatic rings. The molecule has 1 N–H and O–H groups in total. The van der Waals surface area contributed by atoms with Crippen molar-refractivity contribution in [1.29, 1.82) is 0 Å². The molecule has 27 heavy (non-hydrogen) atoms. The summed E-state index contributed by atoms with van der Waals surface area (Å²) in [6, 6.07) is 14.7. The molecular weight excluding hydrogens is 342 g/mol. The monoisotopic (exact) mass is 365 g/mol. The van der Waals surface area contributed by atoms with Gasteiger partial charge in [-0.1, -0.05) is 30.3 Å².